The average molecular weight is 427 g/mol. The molecule has 0 spiro atoms. The molecule has 2 aromatic carbocycles. The van der Waals surface area contributed by atoms with Crippen LogP contribution in [0.4, 0.5) is 10.5 Å². The van der Waals surface area contributed by atoms with Crippen molar-refractivity contribution < 1.29 is 23.9 Å². The van der Waals surface area contributed by atoms with Crippen LogP contribution in [0.2, 0.25) is 0 Å². The van der Waals surface area contributed by atoms with E-state index in [-0.39, 0.29) is 11.8 Å². The first-order chi connectivity index (χ1) is 14.4. The number of fused-ring (bicyclic) bond motifs is 1. The zero-order valence-corrected chi connectivity index (χ0v) is 17.1. The van der Waals surface area contributed by atoms with Crippen molar-refractivity contribution in [2.24, 2.45) is 0 Å². The van der Waals surface area contributed by atoms with Crippen LogP contribution in [0.15, 0.2) is 47.4 Å². The molecule has 2 aliphatic rings. The van der Waals surface area contributed by atoms with Crippen molar-refractivity contribution in [3.8, 4) is 11.5 Å². The highest BCUT2D eigenvalue weighted by atomic mass is 32.2. The zero-order valence-electron chi connectivity index (χ0n) is 16.3. The quantitative estimate of drug-likeness (QED) is 0.501. The first kappa shape index (κ1) is 20.1. The third-order valence-electron chi connectivity index (χ3n) is 4.77. The van der Waals surface area contributed by atoms with Crippen molar-refractivity contribution in [2.75, 3.05) is 24.3 Å². The Bertz CT molecular complexity index is 1010. The van der Waals surface area contributed by atoms with Crippen molar-refractivity contribution in [2.45, 2.75) is 23.8 Å². The highest BCUT2D eigenvalue weighted by Crippen LogP contribution is 2.33. The number of anilines is 1. The van der Waals surface area contributed by atoms with Crippen molar-refractivity contribution in [1.82, 2.24) is 10.6 Å². The molecule has 0 saturated carbocycles. The Morgan fingerprint density at radius 2 is 1.90 bits per heavy atom. The minimum absolute atomic E-state index is 0.280. The van der Waals surface area contributed by atoms with Crippen LogP contribution in [0, 0.1) is 0 Å². The highest BCUT2D eigenvalue weighted by Gasteiger charge is 2.41. The molecule has 2 aromatic rings. The van der Waals surface area contributed by atoms with E-state index >= 15 is 0 Å². The molecule has 0 aromatic heterocycles. The number of carbonyl (C=O) groups excluding carboxylic acids is 3. The maximum Gasteiger partial charge on any atom is 0.322 e. The molecule has 1 fully saturated rings. The third-order valence-corrected chi connectivity index (χ3v) is 6.16. The molecule has 0 radical (unpaired) electrons. The topological polar surface area (TPSA) is 106 Å². The Balaban J connectivity index is 1.48. The number of amides is 4. The molecule has 4 amide bonds. The van der Waals surface area contributed by atoms with E-state index in [1.165, 1.54) is 11.8 Å². The molecule has 3 N–H and O–H groups in total. The first-order valence-electron chi connectivity index (χ1n) is 9.51. The minimum Gasteiger partial charge on any atom is -0.490 e. The number of imide groups is 1. The Hall–Kier alpha value is -3.20. The number of rotatable bonds is 5. The number of hydrogen-bond donors (Lipinski definition) is 3. The molecule has 156 valence electrons. The van der Waals surface area contributed by atoms with E-state index in [2.05, 4.69) is 16.0 Å². The number of thioether (sulfide) groups is 1. The molecule has 1 unspecified atom stereocenters. The zero-order chi connectivity index (χ0) is 21.1. The van der Waals surface area contributed by atoms with Gasteiger partial charge < -0.3 is 20.1 Å². The van der Waals surface area contributed by atoms with E-state index in [0.29, 0.717) is 46.6 Å². The van der Waals surface area contributed by atoms with Gasteiger partial charge in [-0.2, -0.15) is 0 Å². The maximum absolute atomic E-state index is 12.9. The molecular weight excluding hydrogens is 406 g/mol. The van der Waals surface area contributed by atoms with Crippen LogP contribution in [0.3, 0.4) is 0 Å². The lowest BCUT2D eigenvalue weighted by Gasteiger charge is -2.20. The Kier molecular flexibility index (Phi) is 5.54. The molecule has 2 aliphatic heterocycles. The molecular formula is C21H21N3O5S. The Morgan fingerprint density at radius 1 is 1.13 bits per heavy atom. The van der Waals surface area contributed by atoms with E-state index in [1.54, 1.807) is 37.3 Å². The number of ether oxygens (including phenoxy) is 2. The molecule has 1 saturated heterocycles. The van der Waals surface area contributed by atoms with Crippen LogP contribution in [0.25, 0.3) is 0 Å². The standard InChI is InChI=1S/C21H21N3O5S/c1-21(19(26)23-20(27)24-21)12-30-17-6-3-2-5-14(17)18(25)22-13-7-8-15-16(11-13)29-10-4-9-28-15/h2-3,5-8,11H,4,9-10,12H2,1H3,(H,22,25)(H2,23,24,26,27). The predicted molar refractivity (Wildman–Crippen MR) is 112 cm³/mol. The van der Waals surface area contributed by atoms with Crippen LogP contribution >= 0.6 is 11.8 Å². The molecule has 1 atom stereocenters. The van der Waals surface area contributed by atoms with E-state index in [4.69, 9.17) is 9.47 Å². The monoisotopic (exact) mass is 427 g/mol. The van der Waals surface area contributed by atoms with Gasteiger partial charge in [-0.05, 0) is 31.2 Å². The summed E-state index contributed by atoms with van der Waals surface area (Å²) in [5.74, 6) is 0.890. The van der Waals surface area contributed by atoms with E-state index in [0.717, 1.165) is 6.42 Å². The van der Waals surface area contributed by atoms with Crippen molar-refractivity contribution in [3.05, 3.63) is 48.0 Å². The second kappa shape index (κ2) is 8.27. The SMILES string of the molecule is CC1(CSc2ccccc2C(=O)Nc2ccc3c(c2)OCCCO3)NC(=O)NC1=O. The van der Waals surface area contributed by atoms with Crippen LogP contribution in [-0.2, 0) is 4.79 Å². The molecule has 2 heterocycles. The molecule has 8 nitrogen and oxygen atoms in total. The molecule has 0 bridgehead atoms. The highest BCUT2D eigenvalue weighted by molar-refractivity contribution is 7.99. The Morgan fingerprint density at radius 3 is 2.67 bits per heavy atom. The van der Waals surface area contributed by atoms with Crippen LogP contribution in [0.1, 0.15) is 23.7 Å². The van der Waals surface area contributed by atoms with Crippen molar-refractivity contribution >= 4 is 35.3 Å². The van der Waals surface area contributed by atoms with Gasteiger partial charge in [0.25, 0.3) is 11.8 Å². The van der Waals surface area contributed by atoms with E-state index in [9.17, 15) is 14.4 Å². The number of nitrogens with one attached hydrogen (secondary N) is 3. The van der Waals surface area contributed by atoms with Gasteiger partial charge in [0.2, 0.25) is 0 Å². The largest absolute Gasteiger partial charge is 0.490 e. The normalized spacial score (nSPS) is 20.2. The lowest BCUT2D eigenvalue weighted by Crippen LogP contribution is -2.46. The van der Waals surface area contributed by atoms with Gasteiger partial charge in [-0.15, -0.1) is 11.8 Å². The predicted octanol–water partition coefficient (Wildman–Crippen LogP) is 2.79. The van der Waals surface area contributed by atoms with E-state index < -0.39 is 11.6 Å². The fourth-order valence-corrected chi connectivity index (χ4v) is 4.26. The summed E-state index contributed by atoms with van der Waals surface area (Å²) in [6, 6.07) is 11.9. The second-order valence-electron chi connectivity index (χ2n) is 7.19. The van der Waals surface area contributed by atoms with Gasteiger partial charge >= 0.3 is 6.03 Å². The van der Waals surface area contributed by atoms with Crippen molar-refractivity contribution in [3.63, 3.8) is 0 Å². The summed E-state index contributed by atoms with van der Waals surface area (Å²) < 4.78 is 11.3. The molecule has 4 rings (SSSR count). The first-order valence-corrected chi connectivity index (χ1v) is 10.5. The summed E-state index contributed by atoms with van der Waals surface area (Å²) in [5.41, 5.74) is 0.0426. The van der Waals surface area contributed by atoms with Gasteiger partial charge in [-0.25, -0.2) is 4.79 Å². The Labute approximate surface area is 177 Å². The number of hydrogen-bond acceptors (Lipinski definition) is 6. The summed E-state index contributed by atoms with van der Waals surface area (Å²) in [7, 11) is 0. The van der Waals surface area contributed by atoms with Crippen LogP contribution in [0.5, 0.6) is 11.5 Å². The van der Waals surface area contributed by atoms with Gasteiger partial charge in [-0.3, -0.25) is 14.9 Å². The van der Waals surface area contributed by atoms with Crippen LogP contribution in [-0.4, -0.2) is 42.4 Å². The summed E-state index contributed by atoms with van der Waals surface area (Å²) in [6.45, 7) is 2.81. The number of carbonyl (C=O) groups is 3. The minimum atomic E-state index is -1.03. The second-order valence-corrected chi connectivity index (χ2v) is 8.21. The third kappa shape index (κ3) is 4.20. The summed E-state index contributed by atoms with van der Waals surface area (Å²) >= 11 is 1.33. The maximum atomic E-state index is 12.9. The lowest BCUT2D eigenvalue weighted by atomic mass is 10.1. The summed E-state index contributed by atoms with van der Waals surface area (Å²) in [6.07, 6.45) is 0.804. The molecule has 9 heteroatoms. The average Bonchev–Trinajstić information content (AvgIpc) is 2.88. The fraction of sp³-hybridized carbons (Fsp3) is 0.286. The fourth-order valence-electron chi connectivity index (χ4n) is 3.12. The van der Waals surface area contributed by atoms with Gasteiger partial charge in [0.15, 0.2) is 11.5 Å². The van der Waals surface area contributed by atoms with Crippen molar-refractivity contribution in [1.29, 1.82) is 0 Å². The van der Waals surface area contributed by atoms with Gasteiger partial charge in [0.05, 0.1) is 18.8 Å². The van der Waals surface area contributed by atoms with Gasteiger partial charge in [0, 0.05) is 28.8 Å². The van der Waals surface area contributed by atoms with Gasteiger partial charge in [-0.1, -0.05) is 12.1 Å². The van der Waals surface area contributed by atoms with Crippen LogP contribution < -0.4 is 25.4 Å². The molecule has 0 aliphatic carbocycles. The van der Waals surface area contributed by atoms with Gasteiger partial charge in [0.1, 0.15) is 5.54 Å². The summed E-state index contributed by atoms with van der Waals surface area (Å²) in [4.78, 5) is 37.1. The summed E-state index contributed by atoms with van der Waals surface area (Å²) in [5, 5.41) is 7.75. The lowest BCUT2D eigenvalue weighted by molar-refractivity contribution is -0.122. The molecule has 30 heavy (non-hydrogen) atoms. The van der Waals surface area contributed by atoms with E-state index in [1.807, 2.05) is 12.1 Å². The number of benzene rings is 2. The number of urea groups is 1. The smallest absolute Gasteiger partial charge is 0.322 e.